The molecule has 104 valence electrons. The van der Waals surface area contributed by atoms with Crippen LogP contribution in [-0.4, -0.2) is 40.2 Å². The lowest BCUT2D eigenvalue weighted by Gasteiger charge is -2.26. The zero-order valence-electron chi connectivity index (χ0n) is 11.3. The van der Waals surface area contributed by atoms with Gasteiger partial charge in [0.1, 0.15) is 11.5 Å². The van der Waals surface area contributed by atoms with E-state index in [1.807, 2.05) is 6.92 Å². The Hall–Kier alpha value is -1.75. The molecule has 0 saturated carbocycles. The van der Waals surface area contributed by atoms with Crippen LogP contribution in [0.5, 0.6) is 11.5 Å². The highest BCUT2D eigenvalue weighted by molar-refractivity contribution is 5.73. The average Bonchev–Trinajstić information content (AvgIpc) is 2.76. The largest absolute Gasteiger partial charge is 0.507 e. The highest BCUT2D eigenvalue weighted by Gasteiger charge is 2.29. The van der Waals surface area contributed by atoms with Crippen molar-refractivity contribution in [2.75, 3.05) is 13.1 Å². The third kappa shape index (κ3) is 2.98. The number of phenols is 2. The maximum Gasteiger partial charge on any atom is 0.217 e. The van der Waals surface area contributed by atoms with Crippen molar-refractivity contribution in [3.8, 4) is 11.5 Å². The molecule has 1 aromatic carbocycles. The summed E-state index contributed by atoms with van der Waals surface area (Å²) in [6, 6.07) is 4.83. The van der Waals surface area contributed by atoms with E-state index >= 15 is 0 Å². The van der Waals surface area contributed by atoms with Crippen LogP contribution < -0.4 is 5.32 Å². The van der Waals surface area contributed by atoms with Gasteiger partial charge < -0.3 is 15.5 Å². The van der Waals surface area contributed by atoms with Gasteiger partial charge in [-0.15, -0.1) is 0 Å². The minimum absolute atomic E-state index is 0.0232. The summed E-state index contributed by atoms with van der Waals surface area (Å²) in [4.78, 5) is 13.2. The molecular weight excluding hydrogens is 244 g/mol. The highest BCUT2D eigenvalue weighted by Crippen LogP contribution is 2.36. The molecule has 1 aromatic rings. The Labute approximate surface area is 112 Å². The fourth-order valence-electron chi connectivity index (χ4n) is 2.70. The number of aromatic hydroxyl groups is 2. The van der Waals surface area contributed by atoms with Crippen LogP contribution in [0.25, 0.3) is 0 Å². The molecule has 2 atom stereocenters. The molecule has 1 saturated heterocycles. The summed E-state index contributed by atoms with van der Waals surface area (Å²) < 4.78 is 0. The molecule has 2 rings (SSSR count). The average molecular weight is 264 g/mol. The van der Waals surface area contributed by atoms with Gasteiger partial charge in [-0.05, 0) is 25.5 Å². The van der Waals surface area contributed by atoms with Crippen molar-refractivity contribution in [3.63, 3.8) is 0 Å². The third-order valence-corrected chi connectivity index (χ3v) is 3.65. The zero-order valence-corrected chi connectivity index (χ0v) is 11.3. The van der Waals surface area contributed by atoms with Gasteiger partial charge in [0.2, 0.25) is 5.91 Å². The number of likely N-dealkylation sites (tertiary alicyclic amines) is 1. The molecule has 2 unspecified atom stereocenters. The molecule has 1 aliphatic heterocycles. The summed E-state index contributed by atoms with van der Waals surface area (Å²) in [5, 5.41) is 22.7. The first-order valence-corrected chi connectivity index (χ1v) is 6.51. The molecule has 19 heavy (non-hydrogen) atoms. The van der Waals surface area contributed by atoms with Gasteiger partial charge in [-0.1, -0.05) is 6.07 Å². The van der Waals surface area contributed by atoms with E-state index in [-0.39, 0.29) is 29.5 Å². The molecule has 1 fully saturated rings. The molecule has 0 aromatic heterocycles. The summed E-state index contributed by atoms with van der Waals surface area (Å²) in [5.41, 5.74) is 0.547. The molecule has 1 heterocycles. The van der Waals surface area contributed by atoms with Crippen LogP contribution in [0.1, 0.15) is 31.9 Å². The first-order valence-electron chi connectivity index (χ1n) is 6.51. The Bertz CT molecular complexity index is 456. The van der Waals surface area contributed by atoms with Crippen LogP contribution in [-0.2, 0) is 4.79 Å². The van der Waals surface area contributed by atoms with Crippen LogP contribution in [0.2, 0.25) is 0 Å². The molecule has 5 heteroatoms. The summed E-state index contributed by atoms with van der Waals surface area (Å²) in [6.45, 7) is 5.03. The number of phenolic OH excluding ortho intramolecular Hbond substituents is 2. The number of hydrogen-bond acceptors (Lipinski definition) is 4. The van der Waals surface area contributed by atoms with Gasteiger partial charge in [-0.25, -0.2) is 0 Å². The fourth-order valence-corrected chi connectivity index (χ4v) is 2.70. The van der Waals surface area contributed by atoms with E-state index in [0.717, 1.165) is 19.5 Å². The molecule has 1 aliphatic rings. The topological polar surface area (TPSA) is 72.8 Å². The molecule has 0 bridgehead atoms. The Balaban J connectivity index is 2.09. The molecular formula is C14H20N2O3. The lowest BCUT2D eigenvalue weighted by Crippen LogP contribution is -2.36. The van der Waals surface area contributed by atoms with E-state index in [9.17, 15) is 15.0 Å². The number of carbonyl (C=O) groups excluding carboxylic acids is 1. The summed E-state index contributed by atoms with van der Waals surface area (Å²) in [6.07, 6.45) is 0.887. The number of amides is 1. The highest BCUT2D eigenvalue weighted by atomic mass is 16.3. The maximum absolute atomic E-state index is 11.0. The van der Waals surface area contributed by atoms with Crippen LogP contribution in [0, 0.1) is 0 Å². The number of nitrogens with zero attached hydrogens (tertiary/aromatic N) is 1. The number of rotatable bonds is 3. The summed E-state index contributed by atoms with van der Waals surface area (Å²) >= 11 is 0. The molecule has 0 spiro atoms. The first-order chi connectivity index (χ1) is 8.99. The van der Waals surface area contributed by atoms with E-state index < -0.39 is 0 Å². The normalized spacial score (nSPS) is 21.3. The minimum Gasteiger partial charge on any atom is -0.507 e. The lowest BCUT2D eigenvalue weighted by atomic mass is 10.0. The molecule has 1 amide bonds. The molecule has 5 nitrogen and oxygen atoms in total. The van der Waals surface area contributed by atoms with Crippen molar-refractivity contribution in [2.24, 2.45) is 0 Å². The van der Waals surface area contributed by atoms with Gasteiger partial charge in [0.05, 0.1) is 5.56 Å². The van der Waals surface area contributed by atoms with Crippen LogP contribution >= 0.6 is 0 Å². The molecule has 0 radical (unpaired) electrons. The van der Waals surface area contributed by atoms with E-state index in [1.165, 1.54) is 6.92 Å². The van der Waals surface area contributed by atoms with E-state index in [1.54, 1.807) is 18.2 Å². The van der Waals surface area contributed by atoms with Crippen molar-refractivity contribution in [1.29, 1.82) is 0 Å². The Morgan fingerprint density at radius 2 is 2.05 bits per heavy atom. The second-order valence-corrected chi connectivity index (χ2v) is 5.07. The summed E-state index contributed by atoms with van der Waals surface area (Å²) in [5.74, 6) is 0.191. The van der Waals surface area contributed by atoms with E-state index in [4.69, 9.17) is 0 Å². The minimum atomic E-state index is -0.0834. The maximum atomic E-state index is 11.0. The zero-order chi connectivity index (χ0) is 14.0. The van der Waals surface area contributed by atoms with Crippen molar-refractivity contribution in [3.05, 3.63) is 23.8 Å². The Morgan fingerprint density at radius 1 is 1.42 bits per heavy atom. The van der Waals surface area contributed by atoms with Gasteiger partial charge >= 0.3 is 0 Å². The second kappa shape index (κ2) is 5.48. The summed E-state index contributed by atoms with van der Waals surface area (Å²) in [7, 11) is 0. The smallest absolute Gasteiger partial charge is 0.217 e. The molecule has 3 N–H and O–H groups in total. The van der Waals surface area contributed by atoms with Gasteiger partial charge in [0.15, 0.2) is 0 Å². The second-order valence-electron chi connectivity index (χ2n) is 5.07. The van der Waals surface area contributed by atoms with Crippen LogP contribution in [0.4, 0.5) is 0 Å². The number of hydrogen-bond donors (Lipinski definition) is 3. The Kier molecular flexibility index (Phi) is 3.95. The number of nitrogens with one attached hydrogen (secondary N) is 1. The third-order valence-electron chi connectivity index (χ3n) is 3.65. The number of benzene rings is 1. The molecule has 0 aliphatic carbocycles. The lowest BCUT2D eigenvalue weighted by molar-refractivity contribution is -0.119. The predicted molar refractivity (Wildman–Crippen MR) is 72.0 cm³/mol. The van der Waals surface area contributed by atoms with Crippen molar-refractivity contribution >= 4 is 5.91 Å². The van der Waals surface area contributed by atoms with Gasteiger partial charge in [-0.3, -0.25) is 9.69 Å². The fraction of sp³-hybridized carbons (Fsp3) is 0.500. The van der Waals surface area contributed by atoms with E-state index in [0.29, 0.717) is 5.56 Å². The predicted octanol–water partition coefficient (Wildman–Crippen LogP) is 1.37. The van der Waals surface area contributed by atoms with Crippen molar-refractivity contribution in [1.82, 2.24) is 10.2 Å². The van der Waals surface area contributed by atoms with Crippen molar-refractivity contribution in [2.45, 2.75) is 32.4 Å². The standard InChI is InChI=1S/C14H20N2O3/c1-9(14-12(18)4-3-5-13(14)19)16-7-6-11(8-16)15-10(2)17/h3-5,9,11,18-19H,6-8H2,1-2H3,(H,15,17). The van der Waals surface area contributed by atoms with E-state index in [2.05, 4.69) is 10.2 Å². The Morgan fingerprint density at radius 3 is 2.63 bits per heavy atom. The quantitative estimate of drug-likeness (QED) is 0.771. The number of carbonyl (C=O) groups is 1. The van der Waals surface area contributed by atoms with Gasteiger partial charge in [-0.2, -0.15) is 0 Å². The van der Waals surface area contributed by atoms with Gasteiger partial charge in [0, 0.05) is 32.1 Å². The SMILES string of the molecule is CC(=O)NC1CCN(C(C)c2c(O)cccc2O)C1. The van der Waals surface area contributed by atoms with Gasteiger partial charge in [0.25, 0.3) is 0 Å². The monoisotopic (exact) mass is 264 g/mol. The van der Waals surface area contributed by atoms with Crippen LogP contribution in [0.15, 0.2) is 18.2 Å². The van der Waals surface area contributed by atoms with Crippen molar-refractivity contribution < 1.29 is 15.0 Å². The van der Waals surface area contributed by atoms with Crippen LogP contribution in [0.3, 0.4) is 0 Å². The first kappa shape index (κ1) is 13.7.